The van der Waals surface area contributed by atoms with E-state index in [-0.39, 0.29) is 16.7 Å². The Morgan fingerprint density at radius 3 is 2.56 bits per heavy atom. The minimum absolute atomic E-state index is 0.134. The zero-order valence-electron chi connectivity index (χ0n) is 15.6. The third kappa shape index (κ3) is 3.70. The zero-order chi connectivity index (χ0) is 19.6. The summed E-state index contributed by atoms with van der Waals surface area (Å²) < 4.78 is 38.7. The molecule has 0 bridgehead atoms. The lowest BCUT2D eigenvalue weighted by Gasteiger charge is -2.26. The third-order valence-electron chi connectivity index (χ3n) is 4.85. The fourth-order valence-corrected chi connectivity index (χ4v) is 5.16. The van der Waals surface area contributed by atoms with Gasteiger partial charge in [-0.05, 0) is 38.0 Å². The summed E-state index contributed by atoms with van der Waals surface area (Å²) in [5, 5.41) is 0. The van der Waals surface area contributed by atoms with Gasteiger partial charge in [-0.1, -0.05) is 18.2 Å². The maximum absolute atomic E-state index is 13.3. The molecule has 0 aromatic heterocycles. The predicted octanol–water partition coefficient (Wildman–Crippen LogP) is 3.43. The minimum atomic E-state index is -3.74. The van der Waals surface area contributed by atoms with Crippen LogP contribution in [0.3, 0.4) is 0 Å². The molecule has 1 fully saturated rings. The van der Waals surface area contributed by atoms with Crippen molar-refractivity contribution in [1.82, 2.24) is 4.31 Å². The van der Waals surface area contributed by atoms with Crippen molar-refractivity contribution >= 4 is 15.8 Å². The van der Waals surface area contributed by atoms with Gasteiger partial charge in [-0.3, -0.25) is 4.79 Å². The molecular weight excluding hydrogens is 366 g/mol. The maximum Gasteiger partial charge on any atom is 0.243 e. The van der Waals surface area contributed by atoms with Crippen LogP contribution in [-0.4, -0.2) is 39.3 Å². The van der Waals surface area contributed by atoms with Crippen molar-refractivity contribution in [1.29, 1.82) is 0 Å². The lowest BCUT2D eigenvalue weighted by molar-refractivity contribution is 0.101. The molecular formula is C20H23NO5S. The molecule has 3 rings (SSSR count). The van der Waals surface area contributed by atoms with Crippen LogP contribution in [0.1, 0.15) is 41.7 Å². The zero-order valence-corrected chi connectivity index (χ0v) is 16.5. The molecule has 1 atom stereocenters. The summed E-state index contributed by atoms with van der Waals surface area (Å²) in [7, 11) is -0.608. The van der Waals surface area contributed by atoms with E-state index >= 15 is 0 Å². The molecule has 0 saturated carbocycles. The number of benzene rings is 2. The number of carbonyl (C=O) groups excluding carboxylic acids is 1. The van der Waals surface area contributed by atoms with Crippen LogP contribution in [0.5, 0.6) is 11.5 Å². The molecule has 0 aliphatic carbocycles. The molecule has 0 amide bonds. The number of carbonyl (C=O) groups is 1. The van der Waals surface area contributed by atoms with Gasteiger partial charge in [0.15, 0.2) is 5.78 Å². The van der Waals surface area contributed by atoms with E-state index in [0.717, 1.165) is 12.0 Å². The van der Waals surface area contributed by atoms with E-state index in [4.69, 9.17) is 9.47 Å². The minimum Gasteiger partial charge on any atom is -0.497 e. The quantitative estimate of drug-likeness (QED) is 0.708. The van der Waals surface area contributed by atoms with E-state index in [1.54, 1.807) is 38.5 Å². The summed E-state index contributed by atoms with van der Waals surface area (Å²) in [5.41, 5.74) is 1.19. The number of hydrogen-bond donors (Lipinski definition) is 0. The van der Waals surface area contributed by atoms with Crippen molar-refractivity contribution in [3.63, 3.8) is 0 Å². The molecule has 1 aliphatic heterocycles. The lowest BCUT2D eigenvalue weighted by atomic mass is 10.0. The lowest BCUT2D eigenvalue weighted by Crippen LogP contribution is -2.31. The molecule has 144 valence electrons. The van der Waals surface area contributed by atoms with Crippen LogP contribution in [-0.2, 0) is 10.0 Å². The molecule has 2 aromatic carbocycles. The number of rotatable bonds is 6. The van der Waals surface area contributed by atoms with Crippen LogP contribution in [0, 0.1) is 0 Å². The summed E-state index contributed by atoms with van der Waals surface area (Å²) in [6.45, 7) is 1.85. The number of nitrogens with zero attached hydrogens (tertiary/aromatic N) is 1. The van der Waals surface area contributed by atoms with Crippen LogP contribution >= 0.6 is 0 Å². The largest absolute Gasteiger partial charge is 0.497 e. The highest BCUT2D eigenvalue weighted by Gasteiger charge is 2.37. The van der Waals surface area contributed by atoms with Crippen molar-refractivity contribution in [2.75, 3.05) is 20.8 Å². The molecule has 0 radical (unpaired) electrons. The molecule has 1 unspecified atom stereocenters. The fraction of sp³-hybridized carbons (Fsp3) is 0.350. The first-order valence-corrected chi connectivity index (χ1v) is 10.2. The first-order chi connectivity index (χ1) is 12.9. The smallest absolute Gasteiger partial charge is 0.243 e. The van der Waals surface area contributed by atoms with Crippen LogP contribution in [0.25, 0.3) is 0 Å². The Hall–Kier alpha value is -2.38. The first-order valence-electron chi connectivity index (χ1n) is 8.73. The van der Waals surface area contributed by atoms with Gasteiger partial charge in [-0.2, -0.15) is 4.31 Å². The van der Waals surface area contributed by atoms with Gasteiger partial charge >= 0.3 is 0 Å². The SMILES string of the molecule is COc1ccc(C2CCCN2S(=O)(=O)c2cccc(C(C)=O)c2)c(OC)c1. The van der Waals surface area contributed by atoms with Gasteiger partial charge in [0.25, 0.3) is 0 Å². The highest BCUT2D eigenvalue weighted by molar-refractivity contribution is 7.89. The Morgan fingerprint density at radius 1 is 1.11 bits per heavy atom. The standard InChI is InChI=1S/C20H23NO5S/c1-14(22)15-6-4-7-17(12-15)27(23,24)21-11-5-8-19(21)18-10-9-16(25-2)13-20(18)26-3/h4,6-7,9-10,12-13,19H,5,8,11H2,1-3H3. The van der Waals surface area contributed by atoms with Crippen molar-refractivity contribution in [3.05, 3.63) is 53.6 Å². The van der Waals surface area contributed by atoms with Crippen molar-refractivity contribution < 1.29 is 22.7 Å². The van der Waals surface area contributed by atoms with Crippen LogP contribution in [0.4, 0.5) is 0 Å². The van der Waals surface area contributed by atoms with E-state index in [0.29, 0.717) is 30.0 Å². The Balaban J connectivity index is 2.01. The van der Waals surface area contributed by atoms with Gasteiger partial charge < -0.3 is 9.47 Å². The monoisotopic (exact) mass is 389 g/mol. The van der Waals surface area contributed by atoms with Gasteiger partial charge in [-0.25, -0.2) is 8.42 Å². The van der Waals surface area contributed by atoms with Crippen LogP contribution < -0.4 is 9.47 Å². The van der Waals surface area contributed by atoms with Crippen molar-refractivity contribution in [3.8, 4) is 11.5 Å². The third-order valence-corrected chi connectivity index (χ3v) is 6.75. The van der Waals surface area contributed by atoms with Crippen LogP contribution in [0.2, 0.25) is 0 Å². The molecule has 0 N–H and O–H groups in total. The predicted molar refractivity (Wildman–Crippen MR) is 102 cm³/mol. The number of ketones is 1. The average molecular weight is 389 g/mol. The summed E-state index contributed by atoms with van der Waals surface area (Å²) in [6.07, 6.45) is 1.46. The normalized spacial score (nSPS) is 17.7. The first kappa shape index (κ1) is 19.4. The van der Waals surface area contributed by atoms with Crippen molar-refractivity contribution in [2.24, 2.45) is 0 Å². The van der Waals surface area contributed by atoms with Crippen LogP contribution in [0.15, 0.2) is 47.4 Å². The molecule has 2 aromatic rings. The number of ether oxygens (including phenoxy) is 2. The number of methoxy groups -OCH3 is 2. The Labute approximate surface area is 159 Å². The van der Waals surface area contributed by atoms with E-state index in [1.165, 1.54) is 23.4 Å². The second-order valence-electron chi connectivity index (χ2n) is 6.47. The number of Topliss-reactive ketones (excluding diaryl/α,β-unsaturated/α-hetero) is 1. The maximum atomic E-state index is 13.3. The Morgan fingerprint density at radius 2 is 1.89 bits per heavy atom. The van der Waals surface area contributed by atoms with Gasteiger partial charge in [-0.15, -0.1) is 0 Å². The average Bonchev–Trinajstić information content (AvgIpc) is 3.18. The molecule has 7 heteroatoms. The van der Waals surface area contributed by atoms with Gasteiger partial charge in [0, 0.05) is 23.7 Å². The van der Waals surface area contributed by atoms with E-state index in [1.807, 2.05) is 6.07 Å². The molecule has 1 aliphatic rings. The highest BCUT2D eigenvalue weighted by Crippen LogP contribution is 2.41. The summed E-state index contributed by atoms with van der Waals surface area (Å²) >= 11 is 0. The summed E-state index contributed by atoms with van der Waals surface area (Å²) in [5.74, 6) is 1.08. The Bertz CT molecular complexity index is 955. The van der Waals surface area contributed by atoms with Gasteiger partial charge in [0.1, 0.15) is 11.5 Å². The fourth-order valence-electron chi connectivity index (χ4n) is 3.44. The summed E-state index contributed by atoms with van der Waals surface area (Å²) in [6, 6.07) is 11.3. The van der Waals surface area contributed by atoms with E-state index in [9.17, 15) is 13.2 Å². The molecule has 1 saturated heterocycles. The highest BCUT2D eigenvalue weighted by atomic mass is 32.2. The van der Waals surface area contributed by atoms with E-state index in [2.05, 4.69) is 0 Å². The van der Waals surface area contributed by atoms with Gasteiger partial charge in [0.05, 0.1) is 25.2 Å². The number of sulfonamides is 1. The summed E-state index contributed by atoms with van der Waals surface area (Å²) in [4.78, 5) is 11.8. The Kier molecular flexibility index (Phi) is 5.53. The van der Waals surface area contributed by atoms with Gasteiger partial charge in [0.2, 0.25) is 10.0 Å². The molecule has 27 heavy (non-hydrogen) atoms. The number of hydrogen-bond acceptors (Lipinski definition) is 5. The second-order valence-corrected chi connectivity index (χ2v) is 8.36. The van der Waals surface area contributed by atoms with E-state index < -0.39 is 10.0 Å². The second kappa shape index (κ2) is 7.70. The van der Waals surface area contributed by atoms with Crippen molar-refractivity contribution in [2.45, 2.75) is 30.7 Å². The molecule has 1 heterocycles. The molecule has 0 spiro atoms. The topological polar surface area (TPSA) is 72.9 Å². The molecule has 6 nitrogen and oxygen atoms in total.